The SMILES string of the molecule is COc1ccc(OCCN/C=C(/C#N)C(=O)Nc2ccc(C(C)=O)cc2)cc1. The van der Waals surface area contributed by atoms with E-state index < -0.39 is 5.91 Å². The maximum Gasteiger partial charge on any atom is 0.267 e. The number of methoxy groups -OCH3 is 1. The fourth-order valence-corrected chi connectivity index (χ4v) is 2.21. The molecule has 28 heavy (non-hydrogen) atoms. The number of nitriles is 1. The number of rotatable bonds is 9. The van der Waals surface area contributed by atoms with Crippen molar-refractivity contribution >= 4 is 17.4 Å². The van der Waals surface area contributed by atoms with E-state index in [1.165, 1.54) is 13.1 Å². The molecule has 0 saturated carbocycles. The van der Waals surface area contributed by atoms with Gasteiger partial charge in [0, 0.05) is 24.0 Å². The minimum Gasteiger partial charge on any atom is -0.497 e. The summed E-state index contributed by atoms with van der Waals surface area (Å²) in [5.74, 6) is 0.839. The van der Waals surface area contributed by atoms with Crippen molar-refractivity contribution in [2.24, 2.45) is 0 Å². The molecule has 2 N–H and O–H groups in total. The Morgan fingerprint density at radius 1 is 1.07 bits per heavy atom. The number of ketones is 1. The first-order chi connectivity index (χ1) is 13.5. The van der Waals surface area contributed by atoms with Gasteiger partial charge in [-0.3, -0.25) is 9.59 Å². The average molecular weight is 379 g/mol. The van der Waals surface area contributed by atoms with Gasteiger partial charge in [-0.2, -0.15) is 5.26 Å². The molecule has 7 nitrogen and oxygen atoms in total. The Morgan fingerprint density at radius 3 is 2.29 bits per heavy atom. The second kappa shape index (κ2) is 10.4. The van der Waals surface area contributed by atoms with Crippen molar-refractivity contribution in [2.75, 3.05) is 25.6 Å². The second-order valence-corrected chi connectivity index (χ2v) is 5.74. The molecule has 0 aliphatic rings. The molecule has 2 aromatic rings. The van der Waals surface area contributed by atoms with E-state index in [4.69, 9.17) is 14.7 Å². The van der Waals surface area contributed by atoms with Gasteiger partial charge in [-0.1, -0.05) is 0 Å². The van der Waals surface area contributed by atoms with Crippen molar-refractivity contribution in [3.8, 4) is 17.6 Å². The molecule has 0 aromatic heterocycles. The van der Waals surface area contributed by atoms with Gasteiger partial charge in [-0.25, -0.2) is 0 Å². The van der Waals surface area contributed by atoms with Crippen molar-refractivity contribution < 1.29 is 19.1 Å². The zero-order valence-corrected chi connectivity index (χ0v) is 15.7. The number of carbonyl (C=O) groups excluding carboxylic acids is 2. The van der Waals surface area contributed by atoms with Crippen LogP contribution in [0, 0.1) is 11.3 Å². The predicted molar refractivity (Wildman–Crippen MR) is 105 cm³/mol. The van der Waals surface area contributed by atoms with Crippen LogP contribution < -0.4 is 20.1 Å². The normalized spacial score (nSPS) is 10.5. The molecular formula is C21H21N3O4. The molecule has 0 fully saturated rings. The molecule has 0 unspecified atom stereocenters. The summed E-state index contributed by atoms with van der Waals surface area (Å²) in [4.78, 5) is 23.4. The molecule has 7 heteroatoms. The molecule has 0 spiro atoms. The summed E-state index contributed by atoms with van der Waals surface area (Å²) in [6, 6.07) is 15.5. The van der Waals surface area contributed by atoms with E-state index in [-0.39, 0.29) is 11.4 Å². The predicted octanol–water partition coefficient (Wildman–Crippen LogP) is 2.91. The van der Waals surface area contributed by atoms with E-state index in [1.807, 2.05) is 6.07 Å². The topological polar surface area (TPSA) is 100 Å². The molecule has 0 atom stereocenters. The van der Waals surface area contributed by atoms with E-state index >= 15 is 0 Å². The highest BCUT2D eigenvalue weighted by Crippen LogP contribution is 2.16. The summed E-state index contributed by atoms with van der Waals surface area (Å²) in [6.07, 6.45) is 1.34. The number of benzene rings is 2. The summed E-state index contributed by atoms with van der Waals surface area (Å²) >= 11 is 0. The first-order valence-electron chi connectivity index (χ1n) is 8.56. The first-order valence-corrected chi connectivity index (χ1v) is 8.56. The monoisotopic (exact) mass is 379 g/mol. The molecule has 2 rings (SSSR count). The van der Waals surface area contributed by atoms with E-state index in [1.54, 1.807) is 55.6 Å². The summed E-state index contributed by atoms with van der Waals surface area (Å²) in [7, 11) is 1.59. The number of Topliss-reactive ketones (excluding diaryl/α,β-unsaturated/α-hetero) is 1. The van der Waals surface area contributed by atoms with Crippen molar-refractivity contribution in [2.45, 2.75) is 6.92 Å². The van der Waals surface area contributed by atoms with Crippen LogP contribution in [0.5, 0.6) is 11.5 Å². The largest absolute Gasteiger partial charge is 0.497 e. The van der Waals surface area contributed by atoms with Crippen LogP contribution in [0.4, 0.5) is 5.69 Å². The average Bonchev–Trinajstić information content (AvgIpc) is 2.71. The van der Waals surface area contributed by atoms with E-state index in [2.05, 4.69) is 10.6 Å². The standard InChI is InChI=1S/C21H21N3O4/c1-15(25)16-3-5-18(6-4-16)24-21(26)17(13-22)14-23-11-12-28-20-9-7-19(27-2)8-10-20/h3-10,14,23H,11-12H2,1-2H3,(H,24,26)/b17-14-. The number of nitrogens with one attached hydrogen (secondary N) is 2. The first kappa shape index (κ1) is 20.5. The molecular weight excluding hydrogens is 358 g/mol. The van der Waals surface area contributed by atoms with Crippen LogP contribution in [0.2, 0.25) is 0 Å². The van der Waals surface area contributed by atoms with Gasteiger partial charge in [0.15, 0.2) is 5.78 Å². The molecule has 0 saturated heterocycles. The van der Waals surface area contributed by atoms with Gasteiger partial charge in [0.05, 0.1) is 7.11 Å². The zero-order chi connectivity index (χ0) is 20.4. The van der Waals surface area contributed by atoms with Gasteiger partial charge in [-0.05, 0) is 55.5 Å². The number of anilines is 1. The van der Waals surface area contributed by atoms with Gasteiger partial charge in [0.1, 0.15) is 29.7 Å². The Hall–Kier alpha value is -3.79. The van der Waals surface area contributed by atoms with Crippen molar-refractivity contribution in [1.82, 2.24) is 5.32 Å². The Kier molecular flexibility index (Phi) is 7.61. The maximum atomic E-state index is 12.2. The molecule has 1 amide bonds. The van der Waals surface area contributed by atoms with Crippen LogP contribution in [0.25, 0.3) is 0 Å². The molecule has 0 aliphatic carbocycles. The number of ether oxygens (including phenoxy) is 2. The second-order valence-electron chi connectivity index (χ2n) is 5.74. The summed E-state index contributed by atoms with van der Waals surface area (Å²) in [5, 5.41) is 14.7. The highest BCUT2D eigenvalue weighted by atomic mass is 16.5. The van der Waals surface area contributed by atoms with Crippen LogP contribution in [0.15, 0.2) is 60.3 Å². The van der Waals surface area contributed by atoms with Crippen LogP contribution in [-0.2, 0) is 4.79 Å². The maximum absolute atomic E-state index is 12.2. The Morgan fingerprint density at radius 2 is 1.71 bits per heavy atom. The summed E-state index contributed by atoms with van der Waals surface area (Å²) in [6.45, 7) is 2.24. The van der Waals surface area contributed by atoms with Gasteiger partial charge in [-0.15, -0.1) is 0 Å². The molecule has 0 aliphatic heterocycles. The van der Waals surface area contributed by atoms with Gasteiger partial charge < -0.3 is 20.1 Å². The van der Waals surface area contributed by atoms with Crippen LogP contribution in [0.1, 0.15) is 17.3 Å². The molecule has 0 radical (unpaired) electrons. The number of nitrogens with zero attached hydrogens (tertiary/aromatic N) is 1. The van der Waals surface area contributed by atoms with E-state index in [9.17, 15) is 9.59 Å². The Labute approximate surface area is 163 Å². The van der Waals surface area contributed by atoms with E-state index in [0.29, 0.717) is 30.2 Å². The van der Waals surface area contributed by atoms with Crippen LogP contribution in [-0.4, -0.2) is 32.0 Å². The number of hydrogen-bond acceptors (Lipinski definition) is 6. The van der Waals surface area contributed by atoms with Gasteiger partial charge in [0.25, 0.3) is 5.91 Å². The smallest absolute Gasteiger partial charge is 0.267 e. The van der Waals surface area contributed by atoms with Crippen molar-refractivity contribution in [3.63, 3.8) is 0 Å². The lowest BCUT2D eigenvalue weighted by atomic mass is 10.1. The number of carbonyl (C=O) groups is 2. The van der Waals surface area contributed by atoms with Gasteiger partial charge in [0.2, 0.25) is 0 Å². The third-order valence-electron chi connectivity index (χ3n) is 3.74. The quantitative estimate of drug-likeness (QED) is 0.301. The third kappa shape index (κ3) is 6.18. The number of amides is 1. The highest BCUT2D eigenvalue weighted by Gasteiger charge is 2.09. The Balaban J connectivity index is 1.80. The van der Waals surface area contributed by atoms with Crippen LogP contribution in [0.3, 0.4) is 0 Å². The fraction of sp³-hybridized carbons (Fsp3) is 0.190. The van der Waals surface area contributed by atoms with Gasteiger partial charge >= 0.3 is 0 Å². The lowest BCUT2D eigenvalue weighted by Crippen LogP contribution is -2.20. The minimum atomic E-state index is -0.540. The molecule has 0 bridgehead atoms. The minimum absolute atomic E-state index is 0.0588. The lowest BCUT2D eigenvalue weighted by Gasteiger charge is -2.08. The van der Waals surface area contributed by atoms with Crippen LogP contribution >= 0.6 is 0 Å². The number of hydrogen-bond donors (Lipinski definition) is 2. The fourth-order valence-electron chi connectivity index (χ4n) is 2.21. The highest BCUT2D eigenvalue weighted by molar-refractivity contribution is 6.06. The summed E-state index contributed by atoms with van der Waals surface area (Å²) in [5.41, 5.74) is 0.978. The summed E-state index contributed by atoms with van der Waals surface area (Å²) < 4.78 is 10.6. The van der Waals surface area contributed by atoms with Crippen molar-refractivity contribution in [1.29, 1.82) is 5.26 Å². The molecule has 144 valence electrons. The molecule has 0 heterocycles. The van der Waals surface area contributed by atoms with Crippen molar-refractivity contribution in [3.05, 3.63) is 65.9 Å². The zero-order valence-electron chi connectivity index (χ0n) is 15.7. The molecule has 2 aromatic carbocycles. The lowest BCUT2D eigenvalue weighted by molar-refractivity contribution is -0.112. The Bertz CT molecular complexity index is 881. The third-order valence-corrected chi connectivity index (χ3v) is 3.74. The van der Waals surface area contributed by atoms with E-state index in [0.717, 1.165) is 5.75 Å².